The lowest BCUT2D eigenvalue weighted by Crippen LogP contribution is -2.41. The van der Waals surface area contributed by atoms with Crippen molar-refractivity contribution in [2.24, 2.45) is 5.73 Å². The predicted octanol–water partition coefficient (Wildman–Crippen LogP) is 3.24. The zero-order chi connectivity index (χ0) is 18.2. The molecule has 0 aliphatic carbocycles. The molecule has 2 atom stereocenters. The van der Waals surface area contributed by atoms with E-state index in [2.05, 4.69) is 10.6 Å². The maximum atomic E-state index is 12.2. The lowest BCUT2D eigenvalue weighted by Gasteiger charge is -2.18. The van der Waals surface area contributed by atoms with Gasteiger partial charge in [-0.25, -0.2) is 0 Å². The van der Waals surface area contributed by atoms with E-state index in [9.17, 15) is 9.59 Å². The van der Waals surface area contributed by atoms with Crippen LogP contribution in [0.25, 0.3) is 0 Å². The summed E-state index contributed by atoms with van der Waals surface area (Å²) in [6.07, 6.45) is 1.52. The number of benzene rings is 2. The fourth-order valence-electron chi connectivity index (χ4n) is 2.52. The van der Waals surface area contributed by atoms with Gasteiger partial charge in [0.05, 0.1) is 12.1 Å². The van der Waals surface area contributed by atoms with Crippen molar-refractivity contribution in [3.63, 3.8) is 0 Å². The van der Waals surface area contributed by atoms with Gasteiger partial charge in [-0.15, -0.1) is 0 Å². The molecule has 132 valence electrons. The van der Waals surface area contributed by atoms with E-state index in [1.807, 2.05) is 56.3 Å². The fourth-order valence-corrected chi connectivity index (χ4v) is 2.52. The Morgan fingerprint density at radius 2 is 1.80 bits per heavy atom. The first-order valence-corrected chi connectivity index (χ1v) is 8.53. The van der Waals surface area contributed by atoms with Crippen LogP contribution in [0.15, 0.2) is 54.6 Å². The first kappa shape index (κ1) is 18.7. The summed E-state index contributed by atoms with van der Waals surface area (Å²) in [5.74, 6) is -0.326. The number of carbonyl (C=O) groups is 2. The quantitative estimate of drug-likeness (QED) is 0.724. The van der Waals surface area contributed by atoms with Crippen LogP contribution >= 0.6 is 0 Å². The number of carbonyl (C=O) groups excluding carboxylic acids is 2. The molecule has 0 aromatic heterocycles. The smallest absolute Gasteiger partial charge is 0.255 e. The van der Waals surface area contributed by atoms with Crippen molar-refractivity contribution < 1.29 is 9.59 Å². The molecule has 2 rings (SSSR count). The minimum atomic E-state index is -0.492. The molecule has 0 heterocycles. The van der Waals surface area contributed by atoms with E-state index in [1.165, 1.54) is 0 Å². The maximum Gasteiger partial charge on any atom is 0.255 e. The van der Waals surface area contributed by atoms with Crippen molar-refractivity contribution in [2.45, 2.75) is 38.8 Å². The molecular weight excluding hydrogens is 314 g/mol. The molecule has 0 spiro atoms. The third kappa shape index (κ3) is 5.43. The molecule has 0 fully saturated rings. The minimum Gasteiger partial charge on any atom is -0.348 e. The SMILES string of the molecule is CCCC(N)C(=O)NC(C)c1cccc(NC(=O)c2ccccc2)c1. The molecular formula is C20H25N3O2. The topological polar surface area (TPSA) is 84.2 Å². The summed E-state index contributed by atoms with van der Waals surface area (Å²) >= 11 is 0. The molecule has 0 aliphatic heterocycles. The third-order valence-corrected chi connectivity index (χ3v) is 3.98. The first-order valence-electron chi connectivity index (χ1n) is 8.53. The Kier molecular flexibility index (Phi) is 6.71. The van der Waals surface area contributed by atoms with Crippen molar-refractivity contribution >= 4 is 17.5 Å². The van der Waals surface area contributed by atoms with Gasteiger partial charge in [0.1, 0.15) is 0 Å². The lowest BCUT2D eigenvalue weighted by atomic mass is 10.1. The van der Waals surface area contributed by atoms with Gasteiger partial charge in [0, 0.05) is 11.3 Å². The molecule has 5 heteroatoms. The first-order chi connectivity index (χ1) is 12.0. The summed E-state index contributed by atoms with van der Waals surface area (Å²) < 4.78 is 0. The average molecular weight is 339 g/mol. The Bertz CT molecular complexity index is 716. The molecule has 2 unspecified atom stereocenters. The molecule has 2 aromatic rings. The van der Waals surface area contributed by atoms with Gasteiger partial charge >= 0.3 is 0 Å². The highest BCUT2D eigenvalue weighted by atomic mass is 16.2. The van der Waals surface area contributed by atoms with Crippen LogP contribution in [-0.4, -0.2) is 17.9 Å². The lowest BCUT2D eigenvalue weighted by molar-refractivity contribution is -0.123. The fraction of sp³-hybridized carbons (Fsp3) is 0.300. The van der Waals surface area contributed by atoms with Gasteiger partial charge in [0.25, 0.3) is 5.91 Å². The van der Waals surface area contributed by atoms with Crippen molar-refractivity contribution in [1.29, 1.82) is 0 Å². The number of hydrogen-bond donors (Lipinski definition) is 3. The zero-order valence-corrected chi connectivity index (χ0v) is 14.7. The molecule has 5 nitrogen and oxygen atoms in total. The monoisotopic (exact) mass is 339 g/mol. The highest BCUT2D eigenvalue weighted by Gasteiger charge is 2.16. The van der Waals surface area contributed by atoms with Gasteiger partial charge < -0.3 is 16.4 Å². The normalized spacial score (nSPS) is 12.9. The molecule has 4 N–H and O–H groups in total. The number of rotatable bonds is 7. The highest BCUT2D eigenvalue weighted by Crippen LogP contribution is 2.18. The van der Waals surface area contributed by atoms with E-state index in [1.54, 1.807) is 12.1 Å². The molecule has 0 aliphatic rings. The molecule has 2 aromatic carbocycles. The average Bonchev–Trinajstić information content (AvgIpc) is 2.62. The number of hydrogen-bond acceptors (Lipinski definition) is 3. The van der Waals surface area contributed by atoms with Gasteiger partial charge in [0.15, 0.2) is 0 Å². The van der Waals surface area contributed by atoms with Crippen LogP contribution in [0, 0.1) is 0 Å². The van der Waals surface area contributed by atoms with Crippen LogP contribution in [0.3, 0.4) is 0 Å². The van der Waals surface area contributed by atoms with Crippen LogP contribution < -0.4 is 16.4 Å². The number of anilines is 1. The van der Waals surface area contributed by atoms with E-state index in [0.29, 0.717) is 17.7 Å². The van der Waals surface area contributed by atoms with E-state index < -0.39 is 6.04 Å². The Labute approximate surface area is 148 Å². The molecule has 2 amide bonds. The van der Waals surface area contributed by atoms with Crippen LogP contribution in [-0.2, 0) is 4.79 Å². The third-order valence-electron chi connectivity index (χ3n) is 3.98. The van der Waals surface area contributed by atoms with E-state index >= 15 is 0 Å². The Morgan fingerprint density at radius 3 is 2.48 bits per heavy atom. The molecule has 25 heavy (non-hydrogen) atoms. The van der Waals surface area contributed by atoms with Crippen LogP contribution in [0.2, 0.25) is 0 Å². The maximum absolute atomic E-state index is 12.2. The Morgan fingerprint density at radius 1 is 1.08 bits per heavy atom. The predicted molar refractivity (Wildman–Crippen MR) is 100 cm³/mol. The summed E-state index contributed by atoms with van der Waals surface area (Å²) in [7, 11) is 0. The molecule has 0 saturated heterocycles. The van der Waals surface area contributed by atoms with Crippen molar-refractivity contribution in [3.05, 3.63) is 65.7 Å². The van der Waals surface area contributed by atoms with Crippen LogP contribution in [0.5, 0.6) is 0 Å². The van der Waals surface area contributed by atoms with Crippen LogP contribution in [0.1, 0.15) is 48.7 Å². The number of amides is 2. The van der Waals surface area contributed by atoms with Crippen LogP contribution in [0.4, 0.5) is 5.69 Å². The summed E-state index contributed by atoms with van der Waals surface area (Å²) in [6.45, 7) is 3.89. The summed E-state index contributed by atoms with van der Waals surface area (Å²) in [6, 6.07) is 15.8. The largest absolute Gasteiger partial charge is 0.348 e. The van der Waals surface area contributed by atoms with Crippen molar-refractivity contribution in [2.75, 3.05) is 5.32 Å². The summed E-state index contributed by atoms with van der Waals surface area (Å²) in [4.78, 5) is 24.3. The second-order valence-electron chi connectivity index (χ2n) is 6.07. The summed E-state index contributed by atoms with van der Waals surface area (Å²) in [5.41, 5.74) is 8.03. The standard InChI is InChI=1S/C20H25N3O2/c1-3-8-18(21)20(25)22-14(2)16-11-7-12-17(13-16)23-19(24)15-9-5-4-6-10-15/h4-7,9-14,18H,3,8,21H2,1-2H3,(H,22,25)(H,23,24). The zero-order valence-electron chi connectivity index (χ0n) is 14.7. The number of nitrogens with one attached hydrogen (secondary N) is 2. The van der Waals surface area contributed by atoms with Crippen molar-refractivity contribution in [1.82, 2.24) is 5.32 Å². The molecule has 0 saturated carbocycles. The van der Waals surface area contributed by atoms with Gasteiger partial charge in [0.2, 0.25) is 5.91 Å². The van der Waals surface area contributed by atoms with E-state index in [4.69, 9.17) is 5.73 Å². The summed E-state index contributed by atoms with van der Waals surface area (Å²) in [5, 5.41) is 5.79. The van der Waals surface area contributed by atoms with E-state index in [-0.39, 0.29) is 17.9 Å². The highest BCUT2D eigenvalue weighted by molar-refractivity contribution is 6.04. The molecule has 0 bridgehead atoms. The second-order valence-corrected chi connectivity index (χ2v) is 6.07. The van der Waals surface area contributed by atoms with Gasteiger partial charge in [-0.2, -0.15) is 0 Å². The second kappa shape index (κ2) is 8.99. The Hall–Kier alpha value is -2.66. The van der Waals surface area contributed by atoms with Gasteiger partial charge in [-0.05, 0) is 43.2 Å². The van der Waals surface area contributed by atoms with Gasteiger partial charge in [-0.3, -0.25) is 9.59 Å². The van der Waals surface area contributed by atoms with Gasteiger partial charge in [-0.1, -0.05) is 43.7 Å². The minimum absolute atomic E-state index is 0.159. The van der Waals surface area contributed by atoms with E-state index in [0.717, 1.165) is 12.0 Å². The number of nitrogens with two attached hydrogens (primary N) is 1. The Balaban J connectivity index is 2.03. The molecule has 0 radical (unpaired) electrons. The van der Waals surface area contributed by atoms with Crippen molar-refractivity contribution in [3.8, 4) is 0 Å².